The molecule has 150 valence electrons. The zero-order valence-corrected chi connectivity index (χ0v) is 18.3. The third-order valence-electron chi connectivity index (χ3n) is 5.32. The third kappa shape index (κ3) is 4.49. The van der Waals surface area contributed by atoms with Crippen molar-refractivity contribution in [3.05, 3.63) is 96.1 Å². The summed E-state index contributed by atoms with van der Waals surface area (Å²) < 4.78 is 6.92. The molecule has 0 saturated heterocycles. The van der Waals surface area contributed by atoms with Crippen LogP contribution < -0.4 is 10.4 Å². The predicted octanol–water partition coefficient (Wildman–Crippen LogP) is 4.39. The molecule has 0 aliphatic heterocycles. The molecule has 0 aromatic heterocycles. The standard InChI is InChI=1S/C25H28O3Si/c1-25(2,3)29(22-14-6-4-7-15-22,23-16-8-5-9-17-23)28-19-21-13-11-10-12-20(21)18-24(26)27/h4-17H,18-19H2,1-3H3,(H,26,27). The average Bonchev–Trinajstić information content (AvgIpc) is 2.70. The molecule has 4 heteroatoms. The van der Waals surface area contributed by atoms with Crippen LogP contribution in [0, 0.1) is 0 Å². The summed E-state index contributed by atoms with van der Waals surface area (Å²) in [6, 6.07) is 28.6. The molecule has 0 unspecified atom stereocenters. The highest BCUT2D eigenvalue weighted by atomic mass is 28.4. The van der Waals surface area contributed by atoms with Gasteiger partial charge >= 0.3 is 5.97 Å². The van der Waals surface area contributed by atoms with Crippen LogP contribution in [0.4, 0.5) is 0 Å². The smallest absolute Gasteiger partial charge is 0.307 e. The molecule has 29 heavy (non-hydrogen) atoms. The van der Waals surface area contributed by atoms with E-state index < -0.39 is 14.3 Å². The van der Waals surface area contributed by atoms with Gasteiger partial charge in [-0.1, -0.05) is 106 Å². The largest absolute Gasteiger partial charge is 0.481 e. The van der Waals surface area contributed by atoms with Crippen LogP contribution in [0.3, 0.4) is 0 Å². The van der Waals surface area contributed by atoms with E-state index in [0.717, 1.165) is 11.1 Å². The lowest BCUT2D eigenvalue weighted by Crippen LogP contribution is -2.66. The van der Waals surface area contributed by atoms with Gasteiger partial charge in [0.2, 0.25) is 0 Å². The van der Waals surface area contributed by atoms with Crippen molar-refractivity contribution < 1.29 is 14.3 Å². The number of carboxylic acid groups (broad SMARTS) is 1. The molecule has 0 aliphatic carbocycles. The Hall–Kier alpha value is -2.69. The normalized spacial score (nSPS) is 12.0. The van der Waals surface area contributed by atoms with Crippen molar-refractivity contribution in [2.45, 2.75) is 38.8 Å². The van der Waals surface area contributed by atoms with Crippen molar-refractivity contribution in [3.8, 4) is 0 Å². The highest BCUT2D eigenvalue weighted by Crippen LogP contribution is 2.37. The Morgan fingerprint density at radius 3 is 1.69 bits per heavy atom. The van der Waals surface area contributed by atoms with Crippen LogP contribution in [0.2, 0.25) is 5.04 Å². The molecule has 0 atom stereocenters. The molecule has 0 amide bonds. The second-order valence-electron chi connectivity index (χ2n) is 8.29. The molecular formula is C25H28O3Si. The van der Waals surface area contributed by atoms with Gasteiger partial charge in [-0.25, -0.2) is 0 Å². The Labute approximate surface area is 174 Å². The van der Waals surface area contributed by atoms with Crippen LogP contribution in [-0.4, -0.2) is 19.4 Å². The van der Waals surface area contributed by atoms with Crippen LogP contribution in [0.25, 0.3) is 0 Å². The lowest BCUT2D eigenvalue weighted by atomic mass is 10.1. The van der Waals surface area contributed by atoms with E-state index in [1.165, 1.54) is 10.4 Å². The van der Waals surface area contributed by atoms with Crippen molar-refractivity contribution in [3.63, 3.8) is 0 Å². The van der Waals surface area contributed by atoms with Crippen molar-refractivity contribution >= 4 is 24.7 Å². The number of carboxylic acids is 1. The first-order valence-corrected chi connectivity index (χ1v) is 11.8. The summed E-state index contributed by atoms with van der Waals surface area (Å²) in [6.07, 6.45) is 0.000278. The van der Waals surface area contributed by atoms with Crippen molar-refractivity contribution in [2.75, 3.05) is 0 Å². The fourth-order valence-electron chi connectivity index (χ4n) is 3.98. The third-order valence-corrected chi connectivity index (χ3v) is 10.3. The topological polar surface area (TPSA) is 46.5 Å². The highest BCUT2D eigenvalue weighted by molar-refractivity contribution is 6.99. The van der Waals surface area contributed by atoms with E-state index in [1.807, 2.05) is 36.4 Å². The first-order valence-electron chi connectivity index (χ1n) is 9.88. The van der Waals surface area contributed by atoms with Crippen LogP contribution >= 0.6 is 0 Å². The number of hydrogen-bond acceptors (Lipinski definition) is 2. The summed E-state index contributed by atoms with van der Waals surface area (Å²) in [5.74, 6) is -0.831. The Balaban J connectivity index is 2.09. The maximum absolute atomic E-state index is 11.3. The molecule has 0 radical (unpaired) electrons. The van der Waals surface area contributed by atoms with E-state index >= 15 is 0 Å². The van der Waals surface area contributed by atoms with E-state index in [4.69, 9.17) is 4.43 Å². The summed E-state index contributed by atoms with van der Waals surface area (Å²) in [5, 5.41) is 11.6. The van der Waals surface area contributed by atoms with E-state index in [2.05, 4.69) is 69.3 Å². The van der Waals surface area contributed by atoms with Crippen LogP contribution in [0.1, 0.15) is 31.9 Å². The molecule has 0 bridgehead atoms. The summed E-state index contributed by atoms with van der Waals surface area (Å²) in [4.78, 5) is 11.3. The van der Waals surface area contributed by atoms with Gasteiger partial charge in [0.15, 0.2) is 0 Å². The number of hydrogen-bond donors (Lipinski definition) is 1. The van der Waals surface area contributed by atoms with Crippen LogP contribution in [-0.2, 0) is 22.2 Å². The van der Waals surface area contributed by atoms with E-state index in [0.29, 0.717) is 6.61 Å². The van der Waals surface area contributed by atoms with Gasteiger partial charge in [-0.15, -0.1) is 0 Å². The zero-order chi connectivity index (χ0) is 20.9. The van der Waals surface area contributed by atoms with Gasteiger partial charge in [-0.3, -0.25) is 4.79 Å². The Morgan fingerprint density at radius 1 is 0.793 bits per heavy atom. The van der Waals surface area contributed by atoms with Gasteiger partial charge < -0.3 is 9.53 Å². The van der Waals surface area contributed by atoms with Gasteiger partial charge in [0.25, 0.3) is 8.32 Å². The second kappa shape index (κ2) is 8.76. The predicted molar refractivity (Wildman–Crippen MR) is 120 cm³/mol. The molecule has 1 N–H and O–H groups in total. The molecule has 3 nitrogen and oxygen atoms in total. The number of carbonyl (C=O) groups is 1. The lowest BCUT2D eigenvalue weighted by molar-refractivity contribution is -0.136. The van der Waals surface area contributed by atoms with E-state index in [1.54, 1.807) is 0 Å². The fourth-order valence-corrected chi connectivity index (χ4v) is 8.51. The number of rotatable bonds is 7. The first kappa shape index (κ1) is 21.0. The maximum Gasteiger partial charge on any atom is 0.307 e. The highest BCUT2D eigenvalue weighted by Gasteiger charge is 2.50. The average molecular weight is 405 g/mol. The second-order valence-corrected chi connectivity index (χ2v) is 12.6. The van der Waals surface area contributed by atoms with Crippen molar-refractivity contribution in [1.82, 2.24) is 0 Å². The minimum atomic E-state index is -2.64. The van der Waals surface area contributed by atoms with Gasteiger partial charge in [-0.2, -0.15) is 0 Å². The molecule has 3 aromatic carbocycles. The quantitative estimate of drug-likeness (QED) is 0.594. The maximum atomic E-state index is 11.3. The molecule has 0 saturated carbocycles. The van der Waals surface area contributed by atoms with Crippen molar-refractivity contribution in [1.29, 1.82) is 0 Å². The molecule has 0 fully saturated rings. The lowest BCUT2D eigenvalue weighted by Gasteiger charge is -2.43. The SMILES string of the molecule is CC(C)(C)[Si](OCc1ccccc1CC(=O)O)(c1ccccc1)c1ccccc1. The monoisotopic (exact) mass is 404 g/mol. The molecular weight excluding hydrogens is 376 g/mol. The zero-order valence-electron chi connectivity index (χ0n) is 17.3. The molecule has 3 rings (SSSR count). The first-order chi connectivity index (χ1) is 13.8. The fraction of sp³-hybridized carbons (Fsp3) is 0.240. The Kier molecular flexibility index (Phi) is 6.35. The number of benzene rings is 3. The van der Waals surface area contributed by atoms with Gasteiger partial charge in [0.05, 0.1) is 13.0 Å². The van der Waals surface area contributed by atoms with Crippen LogP contribution in [0.5, 0.6) is 0 Å². The molecule has 0 aliphatic rings. The minimum absolute atomic E-state index is 0.000278. The molecule has 0 spiro atoms. The molecule has 3 aromatic rings. The minimum Gasteiger partial charge on any atom is -0.481 e. The van der Waals surface area contributed by atoms with Gasteiger partial charge in [0.1, 0.15) is 0 Å². The summed E-state index contributed by atoms with van der Waals surface area (Å²) >= 11 is 0. The number of aliphatic carboxylic acids is 1. The van der Waals surface area contributed by atoms with Gasteiger partial charge in [-0.05, 0) is 26.5 Å². The van der Waals surface area contributed by atoms with E-state index in [-0.39, 0.29) is 11.5 Å². The Morgan fingerprint density at radius 2 is 1.24 bits per heavy atom. The summed E-state index contributed by atoms with van der Waals surface area (Å²) in [7, 11) is -2.64. The Bertz CT molecular complexity index is 907. The summed E-state index contributed by atoms with van der Waals surface area (Å²) in [6.45, 7) is 7.10. The molecule has 0 heterocycles. The summed E-state index contributed by atoms with van der Waals surface area (Å²) in [5.41, 5.74) is 1.74. The van der Waals surface area contributed by atoms with Crippen LogP contribution in [0.15, 0.2) is 84.9 Å². The van der Waals surface area contributed by atoms with E-state index in [9.17, 15) is 9.90 Å². The van der Waals surface area contributed by atoms with Gasteiger partial charge in [0, 0.05) is 0 Å². The van der Waals surface area contributed by atoms with Crippen molar-refractivity contribution in [2.24, 2.45) is 0 Å².